The average Bonchev–Trinajstić information content (AvgIpc) is 3.05. The van der Waals surface area contributed by atoms with Crippen molar-refractivity contribution in [1.82, 2.24) is 10.3 Å². The second-order valence-electron chi connectivity index (χ2n) is 6.99. The van der Waals surface area contributed by atoms with Crippen LogP contribution in [-0.2, 0) is 9.53 Å². The molecule has 7 nitrogen and oxygen atoms in total. The quantitative estimate of drug-likeness (QED) is 0.599. The van der Waals surface area contributed by atoms with Crippen LogP contribution < -0.4 is 15.4 Å². The Kier molecular flexibility index (Phi) is 7.89. The summed E-state index contributed by atoms with van der Waals surface area (Å²) in [6.45, 7) is 2.65. The first kappa shape index (κ1) is 22.5. The molecule has 2 N–H and O–H groups in total. The summed E-state index contributed by atoms with van der Waals surface area (Å²) in [5.41, 5.74) is 0.252. The lowest BCUT2D eigenvalue weighted by Gasteiger charge is -2.19. The minimum absolute atomic E-state index is 0.0129. The molecule has 0 fully saturated rings. The highest BCUT2D eigenvalue weighted by Gasteiger charge is 2.16. The lowest BCUT2D eigenvalue weighted by molar-refractivity contribution is -0.116. The number of benzene rings is 1. The second kappa shape index (κ2) is 10.1. The number of hydrogen-bond donors (Lipinski definition) is 2. The highest BCUT2D eigenvalue weighted by atomic mass is 32.1. The van der Waals surface area contributed by atoms with Gasteiger partial charge in [0, 0.05) is 23.9 Å². The number of nitrogens with zero attached hydrogens (tertiary/aromatic N) is 1. The molecule has 0 unspecified atom stereocenters. The number of anilines is 1. The number of carbonyl (C=O) groups is 2. The van der Waals surface area contributed by atoms with Gasteiger partial charge in [-0.2, -0.15) is 8.78 Å². The van der Waals surface area contributed by atoms with Crippen molar-refractivity contribution >= 4 is 28.5 Å². The smallest absolute Gasteiger partial charge is 0.407 e. The number of para-hydroxylation sites is 1. The first-order valence-electron chi connectivity index (χ1n) is 8.90. The van der Waals surface area contributed by atoms with Crippen LogP contribution in [0.4, 0.5) is 18.7 Å². The number of nitrogens with one attached hydrogen (secondary N) is 2. The highest BCUT2D eigenvalue weighted by molar-refractivity contribution is 7.14. The zero-order chi connectivity index (χ0) is 21.4. The van der Waals surface area contributed by atoms with Crippen LogP contribution in [0.25, 0.3) is 11.3 Å². The zero-order valence-corrected chi connectivity index (χ0v) is 17.1. The summed E-state index contributed by atoms with van der Waals surface area (Å²) in [5.74, 6) is -0.257. The standard InChI is InChI=1S/C19H23F2N3O4S/c1-19(2,3)28-18(26)22-10-6-9-15(25)24-17-23-13(11-29-17)12-7-4-5-8-14(12)27-16(20)21/h4-5,7-8,11,16H,6,9-10H2,1-3H3,(H,22,26)(H,23,24,25). The molecule has 10 heteroatoms. The molecule has 1 heterocycles. The van der Waals surface area contributed by atoms with Crippen LogP contribution in [0.1, 0.15) is 33.6 Å². The summed E-state index contributed by atoms with van der Waals surface area (Å²) in [5, 5.41) is 7.22. The first-order chi connectivity index (χ1) is 13.6. The van der Waals surface area contributed by atoms with Crippen molar-refractivity contribution in [3.05, 3.63) is 29.6 Å². The number of aromatic nitrogens is 1. The molecule has 0 bridgehead atoms. The van der Waals surface area contributed by atoms with Crippen molar-refractivity contribution in [2.24, 2.45) is 0 Å². The minimum atomic E-state index is -2.94. The maximum atomic E-state index is 12.5. The number of amides is 2. The molecule has 0 saturated carbocycles. The fourth-order valence-electron chi connectivity index (χ4n) is 2.27. The molecule has 1 aromatic carbocycles. The van der Waals surface area contributed by atoms with Gasteiger partial charge in [-0.15, -0.1) is 11.3 Å². The molecule has 158 valence electrons. The van der Waals surface area contributed by atoms with Gasteiger partial charge in [-0.3, -0.25) is 4.79 Å². The van der Waals surface area contributed by atoms with Crippen LogP contribution in [0, 0.1) is 0 Å². The molecule has 0 aliphatic carbocycles. The number of rotatable bonds is 8. The number of alkyl carbamates (subject to hydrolysis) is 1. The third-order valence-electron chi connectivity index (χ3n) is 3.38. The fraction of sp³-hybridized carbons (Fsp3) is 0.421. The van der Waals surface area contributed by atoms with Crippen LogP contribution in [0.2, 0.25) is 0 Å². The zero-order valence-electron chi connectivity index (χ0n) is 16.3. The van der Waals surface area contributed by atoms with Crippen LogP contribution in [0.3, 0.4) is 0 Å². The molecule has 0 aliphatic rings. The summed E-state index contributed by atoms with van der Waals surface area (Å²) in [6, 6.07) is 6.31. The fourth-order valence-corrected chi connectivity index (χ4v) is 2.99. The van der Waals surface area contributed by atoms with E-state index >= 15 is 0 Å². The molecule has 1 aromatic heterocycles. The number of hydrogen-bond acceptors (Lipinski definition) is 6. The third-order valence-corrected chi connectivity index (χ3v) is 4.14. The molecule has 0 radical (unpaired) electrons. The van der Waals surface area contributed by atoms with Gasteiger partial charge in [0.1, 0.15) is 11.4 Å². The number of ether oxygens (including phenoxy) is 2. The van der Waals surface area contributed by atoms with Gasteiger partial charge in [-0.05, 0) is 39.3 Å². The minimum Gasteiger partial charge on any atom is -0.444 e. The lowest BCUT2D eigenvalue weighted by Crippen LogP contribution is -2.33. The Morgan fingerprint density at radius 1 is 1.24 bits per heavy atom. The summed E-state index contributed by atoms with van der Waals surface area (Å²) >= 11 is 1.17. The van der Waals surface area contributed by atoms with Gasteiger partial charge in [0.15, 0.2) is 5.13 Å². The van der Waals surface area contributed by atoms with Crippen LogP contribution in [-0.4, -0.2) is 35.7 Å². The van der Waals surface area contributed by atoms with E-state index in [0.29, 0.717) is 29.4 Å². The van der Waals surface area contributed by atoms with Crippen molar-refractivity contribution in [3.63, 3.8) is 0 Å². The topological polar surface area (TPSA) is 89.5 Å². The van der Waals surface area contributed by atoms with Gasteiger partial charge < -0.3 is 20.1 Å². The molecular weight excluding hydrogens is 404 g/mol. The maximum absolute atomic E-state index is 12.5. The molecule has 2 rings (SSSR count). The van der Waals surface area contributed by atoms with E-state index in [9.17, 15) is 18.4 Å². The van der Waals surface area contributed by atoms with E-state index in [4.69, 9.17) is 4.74 Å². The van der Waals surface area contributed by atoms with E-state index in [-0.39, 0.29) is 18.1 Å². The summed E-state index contributed by atoms with van der Waals surface area (Å²) in [6.07, 6.45) is 0.0663. The van der Waals surface area contributed by atoms with Crippen LogP contribution in [0.15, 0.2) is 29.6 Å². The van der Waals surface area contributed by atoms with Crippen molar-refractivity contribution < 1.29 is 27.8 Å². The van der Waals surface area contributed by atoms with Crippen LogP contribution in [0.5, 0.6) is 5.75 Å². The Labute approximate surface area is 171 Å². The predicted octanol–water partition coefficient (Wildman–Crippen LogP) is 4.65. The SMILES string of the molecule is CC(C)(C)OC(=O)NCCCC(=O)Nc1nc(-c2ccccc2OC(F)F)cs1. The molecule has 2 aromatic rings. The molecular formula is C19H23F2N3O4S. The Bertz CT molecular complexity index is 837. The average molecular weight is 427 g/mol. The number of thiazole rings is 1. The molecule has 2 amide bonds. The van der Waals surface area contributed by atoms with Gasteiger partial charge in [0.2, 0.25) is 5.91 Å². The third kappa shape index (κ3) is 8.02. The Hall–Kier alpha value is -2.75. The van der Waals surface area contributed by atoms with E-state index in [0.717, 1.165) is 0 Å². The molecule has 0 aliphatic heterocycles. The first-order valence-corrected chi connectivity index (χ1v) is 9.78. The summed E-state index contributed by atoms with van der Waals surface area (Å²) in [4.78, 5) is 27.8. The van der Waals surface area contributed by atoms with E-state index < -0.39 is 18.3 Å². The number of carbonyl (C=O) groups excluding carboxylic acids is 2. The molecule has 0 saturated heterocycles. The van der Waals surface area contributed by atoms with E-state index in [1.54, 1.807) is 44.4 Å². The van der Waals surface area contributed by atoms with Crippen molar-refractivity contribution in [2.45, 2.75) is 45.8 Å². The second-order valence-corrected chi connectivity index (χ2v) is 7.85. The monoisotopic (exact) mass is 427 g/mol. The van der Waals surface area contributed by atoms with Gasteiger partial charge in [-0.1, -0.05) is 12.1 Å². The Morgan fingerprint density at radius 2 is 1.97 bits per heavy atom. The number of halogens is 2. The maximum Gasteiger partial charge on any atom is 0.407 e. The molecule has 29 heavy (non-hydrogen) atoms. The van der Waals surface area contributed by atoms with Crippen LogP contribution >= 0.6 is 11.3 Å². The van der Waals surface area contributed by atoms with Gasteiger partial charge in [0.25, 0.3) is 0 Å². The van der Waals surface area contributed by atoms with Gasteiger partial charge >= 0.3 is 12.7 Å². The van der Waals surface area contributed by atoms with E-state index in [1.165, 1.54) is 17.4 Å². The Morgan fingerprint density at radius 3 is 2.66 bits per heavy atom. The van der Waals surface area contributed by atoms with Gasteiger partial charge in [-0.25, -0.2) is 9.78 Å². The lowest BCUT2D eigenvalue weighted by atomic mass is 10.1. The Balaban J connectivity index is 1.83. The molecule has 0 atom stereocenters. The van der Waals surface area contributed by atoms with Crippen molar-refractivity contribution in [3.8, 4) is 17.0 Å². The largest absolute Gasteiger partial charge is 0.444 e. The normalized spacial score (nSPS) is 11.2. The molecule has 0 spiro atoms. The summed E-state index contributed by atoms with van der Waals surface area (Å²) < 4.78 is 34.7. The van der Waals surface area contributed by atoms with E-state index in [1.807, 2.05) is 0 Å². The highest BCUT2D eigenvalue weighted by Crippen LogP contribution is 2.33. The van der Waals surface area contributed by atoms with Gasteiger partial charge in [0.05, 0.1) is 5.69 Å². The summed E-state index contributed by atoms with van der Waals surface area (Å²) in [7, 11) is 0. The van der Waals surface area contributed by atoms with E-state index in [2.05, 4.69) is 20.4 Å². The van der Waals surface area contributed by atoms with Crippen molar-refractivity contribution in [1.29, 1.82) is 0 Å². The number of alkyl halides is 2. The van der Waals surface area contributed by atoms with Crippen molar-refractivity contribution in [2.75, 3.05) is 11.9 Å². The predicted molar refractivity (Wildman–Crippen MR) is 106 cm³/mol.